The number of hydrogen-bond acceptors (Lipinski definition) is 3. The van der Waals surface area contributed by atoms with Gasteiger partial charge in [-0.3, -0.25) is 0 Å². The van der Waals surface area contributed by atoms with Crippen molar-refractivity contribution in [2.75, 3.05) is 46.4 Å². The zero-order valence-corrected chi connectivity index (χ0v) is 13.6. The van der Waals surface area contributed by atoms with Gasteiger partial charge in [0.25, 0.3) is 0 Å². The molecule has 3 nitrogen and oxygen atoms in total. The Morgan fingerprint density at radius 2 is 1.90 bits per heavy atom. The van der Waals surface area contributed by atoms with Crippen molar-refractivity contribution in [3.63, 3.8) is 0 Å². The maximum absolute atomic E-state index is 5.31. The predicted molar refractivity (Wildman–Crippen MR) is 85.1 cm³/mol. The van der Waals surface area contributed by atoms with E-state index < -0.39 is 0 Å². The van der Waals surface area contributed by atoms with Crippen molar-refractivity contribution in [3.05, 3.63) is 0 Å². The summed E-state index contributed by atoms with van der Waals surface area (Å²) in [5, 5.41) is 3.69. The van der Waals surface area contributed by atoms with Crippen molar-refractivity contribution in [1.82, 2.24) is 10.2 Å². The van der Waals surface area contributed by atoms with E-state index in [0.29, 0.717) is 5.41 Å². The summed E-state index contributed by atoms with van der Waals surface area (Å²) in [5.41, 5.74) is 0.573. The van der Waals surface area contributed by atoms with Gasteiger partial charge in [-0.05, 0) is 63.1 Å². The van der Waals surface area contributed by atoms with Crippen LogP contribution >= 0.6 is 0 Å². The SMILES string of the molecule is CCCNCC1(CN2CCC(COC)CC2)CCCC1. The Hall–Kier alpha value is -0.120. The summed E-state index contributed by atoms with van der Waals surface area (Å²) in [6.07, 6.45) is 9.64. The monoisotopic (exact) mass is 282 g/mol. The van der Waals surface area contributed by atoms with Crippen molar-refractivity contribution in [2.45, 2.75) is 51.9 Å². The lowest BCUT2D eigenvalue weighted by Crippen LogP contribution is -2.45. The summed E-state index contributed by atoms with van der Waals surface area (Å²) in [6.45, 7) is 9.51. The Balaban J connectivity index is 1.77. The van der Waals surface area contributed by atoms with Crippen molar-refractivity contribution < 1.29 is 4.74 Å². The predicted octanol–water partition coefficient (Wildman–Crippen LogP) is 2.90. The standard InChI is InChI=1S/C17H34N2O/c1-3-10-18-14-17(8-4-5-9-17)15-19-11-6-16(7-12-19)13-20-2/h16,18H,3-15H2,1-2H3. The Morgan fingerprint density at radius 1 is 1.20 bits per heavy atom. The summed E-state index contributed by atoms with van der Waals surface area (Å²) >= 11 is 0. The molecule has 0 radical (unpaired) electrons. The molecule has 3 heteroatoms. The lowest BCUT2D eigenvalue weighted by Gasteiger charge is -2.39. The minimum absolute atomic E-state index is 0.573. The zero-order valence-electron chi connectivity index (χ0n) is 13.6. The topological polar surface area (TPSA) is 24.5 Å². The molecule has 0 spiro atoms. The molecule has 0 aromatic heterocycles. The molecule has 0 bridgehead atoms. The maximum atomic E-state index is 5.31. The summed E-state index contributed by atoms with van der Waals surface area (Å²) in [5.74, 6) is 0.800. The van der Waals surface area contributed by atoms with Gasteiger partial charge in [0.2, 0.25) is 0 Å². The molecule has 0 atom stereocenters. The van der Waals surface area contributed by atoms with E-state index in [2.05, 4.69) is 17.1 Å². The van der Waals surface area contributed by atoms with Gasteiger partial charge < -0.3 is 15.0 Å². The quantitative estimate of drug-likeness (QED) is 0.693. The van der Waals surface area contributed by atoms with E-state index in [9.17, 15) is 0 Å². The van der Waals surface area contributed by atoms with Crippen LogP contribution in [-0.2, 0) is 4.74 Å². The van der Waals surface area contributed by atoms with Crippen LogP contribution in [0.2, 0.25) is 0 Å². The van der Waals surface area contributed by atoms with E-state index in [1.54, 1.807) is 0 Å². The summed E-state index contributed by atoms with van der Waals surface area (Å²) in [7, 11) is 1.83. The van der Waals surface area contributed by atoms with E-state index in [1.165, 1.54) is 77.7 Å². The Kier molecular flexibility index (Phi) is 6.79. The van der Waals surface area contributed by atoms with Crippen LogP contribution in [0.3, 0.4) is 0 Å². The van der Waals surface area contributed by atoms with Crippen LogP contribution in [-0.4, -0.2) is 51.3 Å². The highest BCUT2D eigenvalue weighted by molar-refractivity contribution is 4.90. The third kappa shape index (κ3) is 4.71. The molecule has 118 valence electrons. The summed E-state index contributed by atoms with van der Waals surface area (Å²) in [6, 6.07) is 0. The highest BCUT2D eigenvalue weighted by Crippen LogP contribution is 2.39. The number of ether oxygens (including phenoxy) is 1. The minimum atomic E-state index is 0.573. The van der Waals surface area contributed by atoms with Crippen LogP contribution < -0.4 is 5.32 Å². The van der Waals surface area contributed by atoms with Gasteiger partial charge in [0.05, 0.1) is 0 Å². The smallest absolute Gasteiger partial charge is 0.0491 e. The first-order chi connectivity index (χ1) is 9.78. The molecular formula is C17H34N2O. The first-order valence-electron chi connectivity index (χ1n) is 8.70. The molecule has 0 unspecified atom stereocenters. The molecule has 0 aromatic carbocycles. The van der Waals surface area contributed by atoms with Crippen molar-refractivity contribution in [3.8, 4) is 0 Å². The highest BCUT2D eigenvalue weighted by Gasteiger charge is 2.35. The van der Waals surface area contributed by atoms with Crippen molar-refractivity contribution in [1.29, 1.82) is 0 Å². The zero-order chi connectivity index (χ0) is 14.3. The summed E-state index contributed by atoms with van der Waals surface area (Å²) in [4.78, 5) is 2.73. The average molecular weight is 282 g/mol. The summed E-state index contributed by atoms with van der Waals surface area (Å²) < 4.78 is 5.31. The fraction of sp³-hybridized carbons (Fsp3) is 1.00. The molecule has 0 aromatic rings. The number of methoxy groups -OCH3 is 1. The molecule has 1 saturated carbocycles. The molecule has 20 heavy (non-hydrogen) atoms. The maximum Gasteiger partial charge on any atom is 0.0491 e. The molecule has 2 fully saturated rings. The fourth-order valence-corrected chi connectivity index (χ4v) is 4.07. The highest BCUT2D eigenvalue weighted by atomic mass is 16.5. The van der Waals surface area contributed by atoms with Gasteiger partial charge in [-0.2, -0.15) is 0 Å². The Morgan fingerprint density at radius 3 is 2.50 bits per heavy atom. The fourth-order valence-electron chi connectivity index (χ4n) is 4.07. The molecule has 1 saturated heterocycles. The molecule has 1 aliphatic carbocycles. The van der Waals surface area contributed by atoms with E-state index in [0.717, 1.165) is 12.5 Å². The van der Waals surface area contributed by atoms with Gasteiger partial charge >= 0.3 is 0 Å². The first kappa shape index (κ1) is 16.3. The molecule has 0 amide bonds. The van der Waals surface area contributed by atoms with Gasteiger partial charge in [0.1, 0.15) is 0 Å². The number of nitrogens with zero attached hydrogens (tertiary/aromatic N) is 1. The van der Waals surface area contributed by atoms with Crippen LogP contribution in [0.25, 0.3) is 0 Å². The van der Waals surface area contributed by atoms with Crippen molar-refractivity contribution >= 4 is 0 Å². The van der Waals surface area contributed by atoms with Gasteiger partial charge in [0.15, 0.2) is 0 Å². The molecular weight excluding hydrogens is 248 g/mol. The van der Waals surface area contributed by atoms with Crippen LogP contribution in [0.4, 0.5) is 0 Å². The van der Waals surface area contributed by atoms with Gasteiger partial charge in [0, 0.05) is 26.8 Å². The minimum Gasteiger partial charge on any atom is -0.384 e. The molecule has 1 N–H and O–H groups in total. The van der Waals surface area contributed by atoms with Gasteiger partial charge in [-0.15, -0.1) is 0 Å². The van der Waals surface area contributed by atoms with Crippen LogP contribution in [0, 0.1) is 11.3 Å². The Labute approximate surface area is 125 Å². The van der Waals surface area contributed by atoms with E-state index >= 15 is 0 Å². The lowest BCUT2D eigenvalue weighted by atomic mass is 9.84. The Bertz CT molecular complexity index is 256. The number of rotatable bonds is 8. The van der Waals surface area contributed by atoms with E-state index in [4.69, 9.17) is 4.74 Å². The molecule has 1 heterocycles. The molecule has 2 aliphatic rings. The second kappa shape index (κ2) is 8.35. The first-order valence-corrected chi connectivity index (χ1v) is 8.70. The van der Waals surface area contributed by atoms with Crippen LogP contribution in [0.1, 0.15) is 51.9 Å². The lowest BCUT2D eigenvalue weighted by molar-refractivity contribution is 0.0738. The largest absolute Gasteiger partial charge is 0.384 e. The van der Waals surface area contributed by atoms with E-state index in [-0.39, 0.29) is 0 Å². The second-order valence-electron chi connectivity index (χ2n) is 7.06. The second-order valence-corrected chi connectivity index (χ2v) is 7.06. The van der Waals surface area contributed by atoms with Crippen LogP contribution in [0.5, 0.6) is 0 Å². The van der Waals surface area contributed by atoms with Gasteiger partial charge in [-0.1, -0.05) is 19.8 Å². The third-order valence-corrected chi connectivity index (χ3v) is 5.26. The number of hydrogen-bond donors (Lipinski definition) is 1. The molecule has 1 aliphatic heterocycles. The van der Waals surface area contributed by atoms with E-state index in [1.807, 2.05) is 7.11 Å². The van der Waals surface area contributed by atoms with Crippen LogP contribution in [0.15, 0.2) is 0 Å². The number of piperidine rings is 1. The van der Waals surface area contributed by atoms with Crippen molar-refractivity contribution in [2.24, 2.45) is 11.3 Å². The van der Waals surface area contributed by atoms with Gasteiger partial charge in [-0.25, -0.2) is 0 Å². The number of likely N-dealkylation sites (tertiary alicyclic amines) is 1. The average Bonchev–Trinajstić information content (AvgIpc) is 2.90. The molecule has 2 rings (SSSR count). The normalized spacial score (nSPS) is 24.3. The third-order valence-electron chi connectivity index (χ3n) is 5.26. The number of nitrogens with one attached hydrogen (secondary N) is 1.